The summed E-state index contributed by atoms with van der Waals surface area (Å²) in [6.07, 6.45) is -2.67. The molecule has 1 saturated heterocycles. The fourth-order valence-corrected chi connectivity index (χ4v) is 2.76. The number of piperidine rings is 1. The van der Waals surface area contributed by atoms with Crippen molar-refractivity contribution < 1.29 is 23.1 Å². The molecule has 1 aliphatic heterocycles. The standard InChI is InChI=1S/C16H22F3N3O2/c17-16(18,19)11-22-9-6-13(7-10-22)21-15(24)20-8-5-12-3-1-2-4-14(12)23/h1-4,13,23H,5-11H2,(H2,20,21,24). The number of phenols is 1. The van der Waals surface area contributed by atoms with Gasteiger partial charge in [-0.15, -0.1) is 0 Å². The number of carbonyl (C=O) groups is 1. The van der Waals surface area contributed by atoms with Gasteiger partial charge in [0.05, 0.1) is 6.54 Å². The predicted octanol–water partition coefficient (Wildman–Crippen LogP) is 2.26. The number of phenolic OH excluding ortho intramolecular Hbond substituents is 1. The van der Waals surface area contributed by atoms with E-state index in [2.05, 4.69) is 10.6 Å². The van der Waals surface area contributed by atoms with Crippen LogP contribution in [0.15, 0.2) is 24.3 Å². The smallest absolute Gasteiger partial charge is 0.401 e. The molecule has 0 spiro atoms. The van der Waals surface area contributed by atoms with E-state index in [4.69, 9.17) is 0 Å². The molecule has 0 bridgehead atoms. The zero-order valence-electron chi connectivity index (χ0n) is 13.3. The van der Waals surface area contributed by atoms with Gasteiger partial charge in [-0.25, -0.2) is 4.79 Å². The molecule has 0 aromatic heterocycles. The van der Waals surface area contributed by atoms with Crippen LogP contribution in [0.5, 0.6) is 5.75 Å². The largest absolute Gasteiger partial charge is 0.508 e. The summed E-state index contributed by atoms with van der Waals surface area (Å²) in [7, 11) is 0. The minimum atomic E-state index is -4.18. The van der Waals surface area contributed by atoms with Crippen molar-refractivity contribution in [1.82, 2.24) is 15.5 Å². The van der Waals surface area contributed by atoms with Crippen molar-refractivity contribution >= 4 is 6.03 Å². The average Bonchev–Trinajstić information content (AvgIpc) is 2.50. The lowest BCUT2D eigenvalue weighted by Gasteiger charge is -2.32. The highest BCUT2D eigenvalue weighted by Gasteiger charge is 2.32. The Hall–Kier alpha value is -1.96. The number of alkyl halides is 3. The topological polar surface area (TPSA) is 64.6 Å². The van der Waals surface area contributed by atoms with Crippen LogP contribution in [0.2, 0.25) is 0 Å². The Morgan fingerprint density at radius 2 is 1.92 bits per heavy atom. The number of nitrogens with zero attached hydrogens (tertiary/aromatic N) is 1. The number of aromatic hydroxyl groups is 1. The van der Waals surface area contributed by atoms with Crippen LogP contribution in [0.25, 0.3) is 0 Å². The van der Waals surface area contributed by atoms with Crippen molar-refractivity contribution in [3.05, 3.63) is 29.8 Å². The maximum absolute atomic E-state index is 12.3. The van der Waals surface area contributed by atoms with Gasteiger partial charge in [0.25, 0.3) is 0 Å². The normalized spacial score (nSPS) is 16.8. The molecule has 2 amide bonds. The number of halogens is 3. The molecule has 0 saturated carbocycles. The van der Waals surface area contributed by atoms with Gasteiger partial charge >= 0.3 is 12.2 Å². The first kappa shape index (κ1) is 18.4. The molecule has 24 heavy (non-hydrogen) atoms. The highest BCUT2D eigenvalue weighted by atomic mass is 19.4. The van der Waals surface area contributed by atoms with Crippen LogP contribution in [0.4, 0.5) is 18.0 Å². The summed E-state index contributed by atoms with van der Waals surface area (Å²) in [5.74, 6) is 0.191. The number of rotatable bonds is 5. The minimum absolute atomic E-state index is 0.111. The van der Waals surface area contributed by atoms with Crippen molar-refractivity contribution in [2.45, 2.75) is 31.5 Å². The van der Waals surface area contributed by atoms with Gasteiger partial charge in [-0.05, 0) is 30.9 Å². The number of nitrogens with one attached hydrogen (secondary N) is 2. The monoisotopic (exact) mass is 345 g/mol. The first-order valence-electron chi connectivity index (χ1n) is 7.94. The average molecular weight is 345 g/mol. The zero-order chi connectivity index (χ0) is 17.6. The Labute approximate surface area is 138 Å². The maximum Gasteiger partial charge on any atom is 0.401 e. The van der Waals surface area contributed by atoms with Gasteiger partial charge in [0.2, 0.25) is 0 Å². The van der Waals surface area contributed by atoms with Crippen LogP contribution in [0, 0.1) is 0 Å². The molecule has 1 aromatic rings. The number of amides is 2. The first-order valence-corrected chi connectivity index (χ1v) is 7.94. The molecule has 0 atom stereocenters. The summed E-state index contributed by atoms with van der Waals surface area (Å²) >= 11 is 0. The second-order valence-electron chi connectivity index (χ2n) is 5.94. The molecule has 0 aliphatic carbocycles. The van der Waals surface area contributed by atoms with Crippen molar-refractivity contribution in [1.29, 1.82) is 0 Å². The van der Waals surface area contributed by atoms with Gasteiger partial charge in [-0.2, -0.15) is 13.2 Å². The van der Waals surface area contributed by atoms with Crippen molar-refractivity contribution in [3.63, 3.8) is 0 Å². The van der Waals surface area contributed by atoms with Crippen LogP contribution < -0.4 is 10.6 Å². The van der Waals surface area contributed by atoms with Crippen molar-refractivity contribution in [2.24, 2.45) is 0 Å². The van der Waals surface area contributed by atoms with Gasteiger partial charge in [0.1, 0.15) is 5.75 Å². The SMILES string of the molecule is O=C(NCCc1ccccc1O)NC1CCN(CC(F)(F)F)CC1. The Balaban J connectivity index is 1.64. The number of urea groups is 1. The predicted molar refractivity (Wildman–Crippen MR) is 83.9 cm³/mol. The van der Waals surface area contributed by atoms with E-state index < -0.39 is 12.7 Å². The quantitative estimate of drug-likeness (QED) is 0.767. The van der Waals surface area contributed by atoms with E-state index >= 15 is 0 Å². The van der Waals surface area contributed by atoms with E-state index in [0.717, 1.165) is 5.56 Å². The van der Waals surface area contributed by atoms with Gasteiger partial charge in [-0.3, -0.25) is 4.90 Å². The second-order valence-corrected chi connectivity index (χ2v) is 5.94. The lowest BCUT2D eigenvalue weighted by molar-refractivity contribution is -0.148. The third-order valence-corrected chi connectivity index (χ3v) is 4.00. The minimum Gasteiger partial charge on any atom is -0.508 e. The van der Waals surface area contributed by atoms with Crippen molar-refractivity contribution in [2.75, 3.05) is 26.2 Å². The molecular weight excluding hydrogens is 323 g/mol. The summed E-state index contributed by atoms with van der Waals surface area (Å²) in [5, 5.41) is 15.1. The number of carbonyl (C=O) groups excluding carboxylic acids is 1. The molecule has 3 N–H and O–H groups in total. The Kier molecular flexibility index (Phi) is 6.30. The Bertz CT molecular complexity index is 544. The number of benzene rings is 1. The van der Waals surface area contributed by atoms with E-state index in [1.54, 1.807) is 18.2 Å². The third-order valence-electron chi connectivity index (χ3n) is 4.00. The van der Waals surface area contributed by atoms with Crippen LogP contribution in [-0.4, -0.2) is 54.4 Å². The summed E-state index contributed by atoms with van der Waals surface area (Å²) in [6, 6.07) is 6.46. The molecule has 2 rings (SSSR count). The number of likely N-dealkylation sites (tertiary alicyclic amines) is 1. The number of hydrogen-bond acceptors (Lipinski definition) is 3. The second kappa shape index (κ2) is 8.23. The maximum atomic E-state index is 12.3. The van der Waals surface area contributed by atoms with Crippen LogP contribution in [-0.2, 0) is 6.42 Å². The van der Waals surface area contributed by atoms with Gasteiger partial charge in [0.15, 0.2) is 0 Å². The molecule has 8 heteroatoms. The molecule has 5 nitrogen and oxygen atoms in total. The molecule has 0 radical (unpaired) electrons. The van der Waals surface area contributed by atoms with E-state index in [1.165, 1.54) is 4.90 Å². The van der Waals surface area contributed by atoms with E-state index in [9.17, 15) is 23.1 Å². The number of para-hydroxylation sites is 1. The fraction of sp³-hybridized carbons (Fsp3) is 0.562. The fourth-order valence-electron chi connectivity index (χ4n) is 2.76. The highest BCUT2D eigenvalue weighted by Crippen LogP contribution is 2.19. The Morgan fingerprint density at radius 3 is 2.54 bits per heavy atom. The van der Waals surface area contributed by atoms with Crippen molar-refractivity contribution in [3.8, 4) is 5.75 Å². The molecule has 1 heterocycles. The van der Waals surface area contributed by atoms with E-state index in [1.807, 2.05) is 6.07 Å². The highest BCUT2D eigenvalue weighted by molar-refractivity contribution is 5.74. The van der Waals surface area contributed by atoms with Gasteiger partial charge in [-0.1, -0.05) is 18.2 Å². The summed E-state index contributed by atoms with van der Waals surface area (Å²) in [4.78, 5) is 13.2. The molecule has 1 aromatic carbocycles. The molecule has 1 fully saturated rings. The van der Waals surface area contributed by atoms with E-state index in [0.29, 0.717) is 38.9 Å². The van der Waals surface area contributed by atoms with Crippen LogP contribution >= 0.6 is 0 Å². The molecule has 1 aliphatic rings. The first-order chi connectivity index (χ1) is 11.3. The lowest BCUT2D eigenvalue weighted by Crippen LogP contribution is -2.49. The third kappa shape index (κ3) is 6.27. The Morgan fingerprint density at radius 1 is 1.25 bits per heavy atom. The number of hydrogen-bond donors (Lipinski definition) is 3. The molecule has 0 unspecified atom stereocenters. The molecular formula is C16H22F3N3O2. The summed E-state index contributed by atoms with van der Waals surface area (Å²) in [6.45, 7) is 0.119. The lowest BCUT2D eigenvalue weighted by atomic mass is 10.1. The zero-order valence-corrected chi connectivity index (χ0v) is 13.3. The van der Waals surface area contributed by atoms with Gasteiger partial charge in [0, 0.05) is 25.7 Å². The summed E-state index contributed by atoms with van der Waals surface area (Å²) < 4.78 is 36.9. The van der Waals surface area contributed by atoms with Crippen LogP contribution in [0.1, 0.15) is 18.4 Å². The van der Waals surface area contributed by atoms with E-state index in [-0.39, 0.29) is 17.8 Å². The van der Waals surface area contributed by atoms with Crippen LogP contribution in [0.3, 0.4) is 0 Å². The molecule has 134 valence electrons. The van der Waals surface area contributed by atoms with Gasteiger partial charge < -0.3 is 15.7 Å². The summed E-state index contributed by atoms with van der Waals surface area (Å²) in [5.41, 5.74) is 0.748.